The van der Waals surface area contributed by atoms with Gasteiger partial charge >= 0.3 is 0 Å². The summed E-state index contributed by atoms with van der Waals surface area (Å²) in [6, 6.07) is 20.7. The topological polar surface area (TPSA) is 17.1 Å². The first-order valence-electron chi connectivity index (χ1n) is 6.68. The van der Waals surface area contributed by atoms with Gasteiger partial charge in [-0.2, -0.15) is 0 Å². The fourth-order valence-corrected chi connectivity index (χ4v) is 3.99. The Morgan fingerprint density at radius 1 is 0.800 bits per heavy atom. The van der Waals surface area contributed by atoms with E-state index < -0.39 is 0 Å². The van der Waals surface area contributed by atoms with Crippen LogP contribution in [0.15, 0.2) is 70.5 Å². The largest absolute Gasteiger partial charge is 0.303 e. The van der Waals surface area contributed by atoms with E-state index >= 15 is 0 Å². The Morgan fingerprint density at radius 3 is 1.65 bits per heavy atom. The summed E-state index contributed by atoms with van der Waals surface area (Å²) in [6.07, 6.45) is 1.68. The maximum atomic E-state index is 10.8. The predicted molar refractivity (Wildman–Crippen MR) is 88.5 cm³/mol. The lowest BCUT2D eigenvalue weighted by Gasteiger charge is -2.13. The minimum Gasteiger partial charge on any atom is -0.303 e. The van der Waals surface area contributed by atoms with Gasteiger partial charge in [-0.15, -0.1) is 23.5 Å². The van der Waals surface area contributed by atoms with Crippen LogP contribution in [0.2, 0.25) is 0 Å². The zero-order valence-electron chi connectivity index (χ0n) is 11.3. The quantitative estimate of drug-likeness (QED) is 0.516. The maximum Gasteiger partial charge on any atom is 0.120 e. The number of hydrogen-bond acceptors (Lipinski definition) is 3. The van der Waals surface area contributed by atoms with Crippen LogP contribution in [0.3, 0.4) is 0 Å². The Kier molecular flexibility index (Phi) is 6.75. The number of thioether (sulfide) groups is 2. The predicted octanol–water partition coefficient (Wildman–Crippen LogP) is 4.78. The second kappa shape index (κ2) is 8.88. The number of benzene rings is 2. The second-order valence-electron chi connectivity index (χ2n) is 4.52. The van der Waals surface area contributed by atoms with E-state index in [4.69, 9.17) is 0 Å². The minimum atomic E-state index is 0.419. The van der Waals surface area contributed by atoms with E-state index in [0.717, 1.165) is 17.8 Å². The highest BCUT2D eigenvalue weighted by atomic mass is 32.2. The molecular weight excluding hydrogens is 284 g/mol. The molecule has 2 aromatic carbocycles. The Balaban J connectivity index is 1.82. The van der Waals surface area contributed by atoms with E-state index in [1.54, 1.807) is 0 Å². The zero-order chi connectivity index (χ0) is 14.0. The van der Waals surface area contributed by atoms with Crippen LogP contribution in [-0.4, -0.2) is 17.8 Å². The van der Waals surface area contributed by atoms with Gasteiger partial charge in [-0.3, -0.25) is 0 Å². The van der Waals surface area contributed by atoms with Crippen LogP contribution in [0.4, 0.5) is 0 Å². The van der Waals surface area contributed by atoms with Crippen molar-refractivity contribution >= 4 is 29.8 Å². The van der Waals surface area contributed by atoms with Crippen molar-refractivity contribution in [1.82, 2.24) is 0 Å². The molecule has 0 aromatic heterocycles. The summed E-state index contributed by atoms with van der Waals surface area (Å²) in [5.41, 5.74) is 0. The van der Waals surface area contributed by atoms with Crippen LogP contribution in [-0.2, 0) is 4.79 Å². The van der Waals surface area contributed by atoms with E-state index in [9.17, 15) is 4.79 Å². The minimum absolute atomic E-state index is 0.419. The van der Waals surface area contributed by atoms with Gasteiger partial charge in [-0.1, -0.05) is 36.4 Å². The molecule has 0 aliphatic heterocycles. The van der Waals surface area contributed by atoms with Gasteiger partial charge in [0.2, 0.25) is 0 Å². The summed E-state index contributed by atoms with van der Waals surface area (Å²) in [5.74, 6) is 2.40. The molecule has 0 amide bonds. The molecule has 0 saturated heterocycles. The first kappa shape index (κ1) is 15.2. The Bertz CT molecular complexity index is 455. The molecule has 0 fully saturated rings. The molecule has 0 aliphatic carbocycles. The number of aldehydes is 1. The molecule has 0 spiro atoms. The van der Waals surface area contributed by atoms with Gasteiger partial charge in [-0.05, 0) is 30.2 Å². The third-order valence-corrected chi connectivity index (χ3v) is 5.37. The van der Waals surface area contributed by atoms with Crippen LogP contribution in [0.1, 0.15) is 6.42 Å². The average Bonchev–Trinajstić information content (AvgIpc) is 2.52. The highest BCUT2D eigenvalue weighted by Crippen LogP contribution is 2.26. The van der Waals surface area contributed by atoms with Crippen LogP contribution < -0.4 is 0 Å². The first-order valence-corrected chi connectivity index (χ1v) is 8.65. The molecular formula is C17H18OS2. The molecule has 2 rings (SSSR count). The van der Waals surface area contributed by atoms with Crippen LogP contribution in [0.5, 0.6) is 0 Å². The lowest BCUT2D eigenvalue weighted by atomic mass is 10.1. The molecule has 0 heterocycles. The molecule has 20 heavy (non-hydrogen) atoms. The Hall–Kier alpha value is -1.19. The SMILES string of the molecule is O=CCC(CSc1ccccc1)CSc1ccccc1. The van der Waals surface area contributed by atoms with Crippen molar-refractivity contribution < 1.29 is 4.79 Å². The second-order valence-corrected chi connectivity index (χ2v) is 6.70. The van der Waals surface area contributed by atoms with E-state index in [1.807, 2.05) is 35.7 Å². The third-order valence-electron chi connectivity index (χ3n) is 2.89. The smallest absolute Gasteiger partial charge is 0.120 e. The molecule has 0 atom stereocenters. The van der Waals surface area contributed by atoms with Gasteiger partial charge in [0.1, 0.15) is 6.29 Å². The molecule has 1 nitrogen and oxygen atoms in total. The maximum absolute atomic E-state index is 10.8. The molecule has 0 saturated carbocycles. The Labute approximate surface area is 129 Å². The molecule has 0 radical (unpaired) electrons. The van der Waals surface area contributed by atoms with E-state index in [1.165, 1.54) is 9.79 Å². The van der Waals surface area contributed by atoms with Gasteiger partial charge in [0.05, 0.1) is 0 Å². The van der Waals surface area contributed by atoms with Crippen molar-refractivity contribution in [2.24, 2.45) is 5.92 Å². The van der Waals surface area contributed by atoms with Crippen molar-refractivity contribution in [1.29, 1.82) is 0 Å². The van der Waals surface area contributed by atoms with Crippen molar-refractivity contribution in [3.8, 4) is 0 Å². The average molecular weight is 302 g/mol. The van der Waals surface area contributed by atoms with Crippen molar-refractivity contribution in [3.63, 3.8) is 0 Å². The molecule has 0 N–H and O–H groups in total. The standard InChI is InChI=1S/C17H18OS2/c18-12-11-15(13-19-16-7-3-1-4-8-16)14-20-17-9-5-2-6-10-17/h1-10,12,15H,11,13-14H2. The summed E-state index contributed by atoms with van der Waals surface area (Å²) >= 11 is 3.66. The summed E-state index contributed by atoms with van der Waals surface area (Å²) in [4.78, 5) is 13.4. The molecule has 0 bridgehead atoms. The van der Waals surface area contributed by atoms with Crippen molar-refractivity contribution in [3.05, 3.63) is 60.7 Å². The molecule has 104 valence electrons. The highest BCUT2D eigenvalue weighted by molar-refractivity contribution is 8.00. The first-order chi connectivity index (χ1) is 9.88. The molecule has 2 aromatic rings. The number of hydrogen-bond donors (Lipinski definition) is 0. The number of rotatable bonds is 8. The van der Waals surface area contributed by atoms with Gasteiger partial charge in [0.25, 0.3) is 0 Å². The molecule has 0 aliphatic rings. The number of carbonyl (C=O) groups excluding carboxylic acids is 1. The zero-order valence-corrected chi connectivity index (χ0v) is 12.9. The summed E-state index contributed by atoms with van der Waals surface area (Å²) in [5, 5.41) is 0. The van der Waals surface area contributed by atoms with Crippen LogP contribution >= 0.6 is 23.5 Å². The summed E-state index contributed by atoms with van der Waals surface area (Å²) < 4.78 is 0. The van der Waals surface area contributed by atoms with E-state index in [2.05, 4.69) is 48.5 Å². The van der Waals surface area contributed by atoms with Crippen molar-refractivity contribution in [2.75, 3.05) is 11.5 Å². The fourth-order valence-electron chi connectivity index (χ4n) is 1.78. The third kappa shape index (κ3) is 5.43. The molecule has 0 unspecified atom stereocenters. The van der Waals surface area contributed by atoms with Crippen LogP contribution in [0.25, 0.3) is 0 Å². The monoisotopic (exact) mass is 302 g/mol. The normalized spacial score (nSPS) is 10.7. The summed E-state index contributed by atoms with van der Waals surface area (Å²) in [7, 11) is 0. The summed E-state index contributed by atoms with van der Waals surface area (Å²) in [6.45, 7) is 0. The lowest BCUT2D eigenvalue weighted by molar-refractivity contribution is -0.108. The highest BCUT2D eigenvalue weighted by Gasteiger charge is 2.10. The molecule has 3 heteroatoms. The van der Waals surface area contributed by atoms with Gasteiger partial charge in [0.15, 0.2) is 0 Å². The lowest BCUT2D eigenvalue weighted by Crippen LogP contribution is -2.07. The van der Waals surface area contributed by atoms with E-state index in [-0.39, 0.29) is 0 Å². The van der Waals surface area contributed by atoms with E-state index in [0.29, 0.717) is 12.3 Å². The fraction of sp³-hybridized carbons (Fsp3) is 0.235. The van der Waals surface area contributed by atoms with Crippen molar-refractivity contribution in [2.45, 2.75) is 16.2 Å². The van der Waals surface area contributed by atoms with Gasteiger partial charge in [0, 0.05) is 27.7 Å². The van der Waals surface area contributed by atoms with Gasteiger partial charge < -0.3 is 4.79 Å². The number of carbonyl (C=O) groups is 1. The van der Waals surface area contributed by atoms with Gasteiger partial charge in [-0.25, -0.2) is 0 Å². The Morgan fingerprint density at radius 2 is 1.25 bits per heavy atom. The van der Waals surface area contributed by atoms with Crippen LogP contribution in [0, 0.1) is 5.92 Å².